The lowest BCUT2D eigenvalue weighted by Crippen LogP contribution is -2.16. The first kappa shape index (κ1) is 33.6. The van der Waals surface area contributed by atoms with Crippen LogP contribution in [0.25, 0.3) is 0 Å². The number of benzene rings is 1. The summed E-state index contributed by atoms with van der Waals surface area (Å²) in [7, 11) is -4.55. The maximum absolute atomic E-state index is 12.7. The summed E-state index contributed by atoms with van der Waals surface area (Å²) in [5.41, 5.74) is -0.320. The highest BCUT2D eigenvalue weighted by Crippen LogP contribution is 2.19. The summed E-state index contributed by atoms with van der Waals surface area (Å²) < 4.78 is 43.2. The second kappa shape index (κ2) is 20.5. The Bertz CT molecular complexity index is 980. The van der Waals surface area contributed by atoms with Gasteiger partial charge in [0.25, 0.3) is 10.1 Å². The average Bonchev–Trinajstić information content (AvgIpc) is 2.89. The highest BCUT2D eigenvalue weighted by atomic mass is 32.2. The van der Waals surface area contributed by atoms with E-state index in [0.717, 1.165) is 63.5 Å². The molecule has 0 atom stereocenters. The average molecular weight is 551 g/mol. The molecule has 0 saturated carbocycles. The van der Waals surface area contributed by atoms with Crippen molar-refractivity contribution in [2.75, 3.05) is 13.2 Å². The van der Waals surface area contributed by atoms with Crippen LogP contribution in [0.1, 0.15) is 124 Å². The molecule has 0 radical (unpaired) electrons. The highest BCUT2D eigenvalue weighted by Gasteiger charge is 2.23. The molecule has 1 aromatic carbocycles. The molecular formula is C30H46O7S. The molecule has 0 saturated heterocycles. The molecule has 0 amide bonds. The largest absolute Gasteiger partial charge is 0.462 e. The van der Waals surface area contributed by atoms with Crippen LogP contribution < -0.4 is 0 Å². The van der Waals surface area contributed by atoms with E-state index in [-0.39, 0.29) is 24.3 Å². The first-order valence-electron chi connectivity index (χ1n) is 14.1. The van der Waals surface area contributed by atoms with Crippen molar-refractivity contribution in [2.45, 2.75) is 109 Å². The zero-order chi connectivity index (χ0) is 28.1. The van der Waals surface area contributed by atoms with Gasteiger partial charge in [0.05, 0.1) is 29.2 Å². The Morgan fingerprint density at radius 2 is 1.13 bits per heavy atom. The Hall–Kier alpha value is -2.45. The molecular weight excluding hydrogens is 504 g/mol. The first-order valence-corrected chi connectivity index (χ1v) is 15.5. The third-order valence-corrected chi connectivity index (χ3v) is 6.86. The molecule has 0 aromatic heterocycles. The van der Waals surface area contributed by atoms with E-state index >= 15 is 0 Å². The molecule has 1 rings (SSSR count). The number of rotatable bonds is 21. The fraction of sp³-hybridized carbons (Fsp3) is 0.600. The van der Waals surface area contributed by atoms with Crippen LogP contribution in [-0.2, 0) is 19.6 Å². The van der Waals surface area contributed by atoms with E-state index < -0.39 is 27.0 Å². The van der Waals surface area contributed by atoms with Gasteiger partial charge in [0.1, 0.15) is 0 Å². The van der Waals surface area contributed by atoms with Crippen molar-refractivity contribution >= 4 is 22.1 Å². The monoisotopic (exact) mass is 550 g/mol. The minimum absolute atomic E-state index is 0.0847. The van der Waals surface area contributed by atoms with Crippen molar-refractivity contribution in [1.29, 1.82) is 0 Å². The fourth-order valence-electron chi connectivity index (χ4n) is 3.71. The molecule has 0 spiro atoms. The van der Waals surface area contributed by atoms with E-state index in [1.165, 1.54) is 31.7 Å². The summed E-state index contributed by atoms with van der Waals surface area (Å²) in [6.07, 6.45) is 22.8. The van der Waals surface area contributed by atoms with Crippen LogP contribution in [0.3, 0.4) is 0 Å². The van der Waals surface area contributed by atoms with Gasteiger partial charge >= 0.3 is 11.9 Å². The van der Waals surface area contributed by atoms with Crippen LogP contribution in [0.2, 0.25) is 0 Å². The smallest absolute Gasteiger partial charge is 0.339 e. The number of carbonyl (C=O) groups excluding carboxylic acids is 2. The van der Waals surface area contributed by atoms with Gasteiger partial charge in [-0.05, 0) is 82.4 Å². The summed E-state index contributed by atoms with van der Waals surface area (Å²) in [5, 5.41) is 0. The Morgan fingerprint density at radius 1 is 0.684 bits per heavy atom. The number of hydrogen-bond acceptors (Lipinski definition) is 6. The second-order valence-corrected chi connectivity index (χ2v) is 10.8. The van der Waals surface area contributed by atoms with Gasteiger partial charge in [-0.25, -0.2) is 9.59 Å². The number of ether oxygens (including phenoxy) is 2. The van der Waals surface area contributed by atoms with Crippen molar-refractivity contribution in [1.82, 2.24) is 0 Å². The normalized spacial score (nSPS) is 11.9. The van der Waals surface area contributed by atoms with E-state index in [4.69, 9.17) is 9.47 Å². The highest BCUT2D eigenvalue weighted by molar-refractivity contribution is 7.85. The van der Waals surface area contributed by atoms with Crippen LogP contribution in [0, 0.1) is 0 Å². The first-order chi connectivity index (χ1) is 18.3. The standard InChI is InChI=1S/C30H46O7S/c1-3-5-7-9-11-13-15-17-19-23-36-29(31)27-22-21-26(38(33,34)35)25-28(27)30(32)37-24-20-18-16-14-12-10-8-6-4-2/h9-12,21-22,25H,3-8,13-20,23-24H2,1-2H3,(H,33,34,35)/b11-9+,12-10+. The molecule has 1 N–H and O–H groups in total. The molecule has 0 unspecified atom stereocenters. The number of unbranched alkanes of at least 4 members (excludes halogenated alkanes) is 10. The second-order valence-electron chi connectivity index (χ2n) is 9.38. The third kappa shape index (κ3) is 15.1. The molecule has 1 aromatic rings. The zero-order valence-corrected chi connectivity index (χ0v) is 24.0. The summed E-state index contributed by atoms with van der Waals surface area (Å²) in [4.78, 5) is 24.9. The molecule has 0 aliphatic heterocycles. The number of allylic oxidation sites excluding steroid dienone is 4. The molecule has 0 heterocycles. The van der Waals surface area contributed by atoms with Gasteiger partial charge in [-0.3, -0.25) is 4.55 Å². The van der Waals surface area contributed by atoms with Gasteiger partial charge in [0.15, 0.2) is 0 Å². The van der Waals surface area contributed by atoms with Crippen LogP contribution in [0.4, 0.5) is 0 Å². The SMILES string of the molecule is CCCC/C=C/CCCCCOC(=O)c1ccc(S(=O)(=O)O)cc1C(=O)OCCCCC/C=C/CCCC. The predicted molar refractivity (Wildman–Crippen MR) is 151 cm³/mol. The van der Waals surface area contributed by atoms with Crippen molar-refractivity contribution in [2.24, 2.45) is 0 Å². The van der Waals surface area contributed by atoms with E-state index in [2.05, 4.69) is 38.2 Å². The molecule has 0 aliphatic rings. The summed E-state index contributed by atoms with van der Waals surface area (Å²) in [6.45, 7) is 4.67. The number of hydrogen-bond donors (Lipinski definition) is 1. The lowest BCUT2D eigenvalue weighted by Gasteiger charge is -2.11. The van der Waals surface area contributed by atoms with Gasteiger partial charge in [-0.1, -0.05) is 63.8 Å². The Kier molecular flexibility index (Phi) is 18.1. The van der Waals surface area contributed by atoms with Gasteiger partial charge in [-0.2, -0.15) is 8.42 Å². The minimum Gasteiger partial charge on any atom is -0.462 e. The van der Waals surface area contributed by atoms with Gasteiger partial charge in [-0.15, -0.1) is 0 Å². The fourth-order valence-corrected chi connectivity index (χ4v) is 4.22. The van der Waals surface area contributed by atoms with E-state index in [0.29, 0.717) is 12.8 Å². The summed E-state index contributed by atoms with van der Waals surface area (Å²) in [5.74, 6) is -1.55. The Balaban J connectivity index is 2.56. The number of esters is 2. The Morgan fingerprint density at radius 3 is 1.58 bits per heavy atom. The van der Waals surface area contributed by atoms with Crippen molar-refractivity contribution < 1.29 is 32.0 Å². The maximum Gasteiger partial charge on any atom is 0.339 e. The van der Waals surface area contributed by atoms with E-state index in [9.17, 15) is 22.6 Å². The van der Waals surface area contributed by atoms with Crippen molar-refractivity contribution in [3.8, 4) is 0 Å². The van der Waals surface area contributed by atoms with Gasteiger partial charge < -0.3 is 9.47 Å². The summed E-state index contributed by atoms with van der Waals surface area (Å²) in [6, 6.07) is 3.20. The van der Waals surface area contributed by atoms with Gasteiger partial charge in [0.2, 0.25) is 0 Å². The molecule has 0 fully saturated rings. The quantitative estimate of drug-likeness (QED) is 0.0718. The van der Waals surface area contributed by atoms with Crippen molar-refractivity contribution in [3.05, 3.63) is 53.6 Å². The third-order valence-electron chi connectivity index (χ3n) is 6.01. The molecule has 214 valence electrons. The molecule has 0 aliphatic carbocycles. The van der Waals surface area contributed by atoms with Crippen LogP contribution in [0.5, 0.6) is 0 Å². The molecule has 38 heavy (non-hydrogen) atoms. The minimum atomic E-state index is -4.55. The summed E-state index contributed by atoms with van der Waals surface area (Å²) >= 11 is 0. The van der Waals surface area contributed by atoms with Gasteiger partial charge in [0, 0.05) is 0 Å². The molecule has 8 heteroatoms. The topological polar surface area (TPSA) is 107 Å². The predicted octanol–water partition coefficient (Wildman–Crippen LogP) is 7.86. The van der Waals surface area contributed by atoms with Crippen LogP contribution in [-0.4, -0.2) is 38.1 Å². The number of carbonyl (C=O) groups is 2. The lowest BCUT2D eigenvalue weighted by atomic mass is 10.1. The zero-order valence-electron chi connectivity index (χ0n) is 23.2. The lowest BCUT2D eigenvalue weighted by molar-refractivity contribution is 0.0450. The van der Waals surface area contributed by atoms with Crippen LogP contribution in [0.15, 0.2) is 47.4 Å². The molecule has 7 nitrogen and oxygen atoms in total. The Labute approximate surface area is 229 Å². The maximum atomic E-state index is 12.7. The van der Waals surface area contributed by atoms with E-state index in [1.807, 2.05) is 0 Å². The van der Waals surface area contributed by atoms with E-state index in [1.54, 1.807) is 0 Å². The van der Waals surface area contributed by atoms with Crippen LogP contribution >= 0.6 is 0 Å². The van der Waals surface area contributed by atoms with Crippen molar-refractivity contribution in [3.63, 3.8) is 0 Å². The molecule has 0 bridgehead atoms.